The third-order valence-corrected chi connectivity index (χ3v) is 5.44. The van der Waals surface area contributed by atoms with E-state index in [9.17, 15) is 4.79 Å². The fourth-order valence-corrected chi connectivity index (χ4v) is 3.61. The van der Waals surface area contributed by atoms with Gasteiger partial charge in [0.2, 0.25) is 0 Å². The molecule has 6 heteroatoms. The molecule has 1 aliphatic rings. The Morgan fingerprint density at radius 3 is 2.73 bits per heavy atom. The Morgan fingerprint density at radius 1 is 1.27 bits per heavy atom. The summed E-state index contributed by atoms with van der Waals surface area (Å²) >= 11 is 0. The maximum absolute atomic E-state index is 12.9. The predicted octanol–water partition coefficient (Wildman–Crippen LogP) is 4.51. The monoisotopic (exact) mass is 399 g/mol. The van der Waals surface area contributed by atoms with Crippen LogP contribution in [-0.2, 0) is 0 Å². The van der Waals surface area contributed by atoms with Crippen molar-refractivity contribution in [3.8, 4) is 16.8 Å². The number of pyridine rings is 1. The SMILES string of the molecule is CCC1C=C(C)C(NC(=O)c2cc(-c3ccc(-n4cccn4)cc3)cnc2N)=CC1. The molecule has 0 fully saturated rings. The number of hydrogen-bond acceptors (Lipinski definition) is 4. The molecule has 1 amide bonds. The molecule has 2 heterocycles. The largest absolute Gasteiger partial charge is 0.383 e. The van der Waals surface area contributed by atoms with Crippen LogP contribution in [-0.4, -0.2) is 20.7 Å². The van der Waals surface area contributed by atoms with Crippen LogP contribution in [0.4, 0.5) is 5.82 Å². The van der Waals surface area contributed by atoms with Gasteiger partial charge in [0, 0.05) is 29.9 Å². The number of benzene rings is 1. The molecule has 0 bridgehead atoms. The molecular formula is C24H25N5O. The van der Waals surface area contributed by atoms with Gasteiger partial charge in [-0.05, 0) is 61.1 Å². The number of nitrogens with two attached hydrogens (primary N) is 1. The van der Waals surface area contributed by atoms with E-state index in [1.807, 2.05) is 43.5 Å². The molecule has 0 saturated heterocycles. The Balaban J connectivity index is 1.55. The minimum absolute atomic E-state index is 0.217. The zero-order valence-electron chi connectivity index (χ0n) is 17.2. The molecule has 3 aromatic rings. The van der Waals surface area contributed by atoms with E-state index in [4.69, 9.17) is 5.73 Å². The van der Waals surface area contributed by atoms with E-state index in [0.717, 1.165) is 40.9 Å². The summed E-state index contributed by atoms with van der Waals surface area (Å²) < 4.78 is 1.79. The zero-order chi connectivity index (χ0) is 21.1. The highest BCUT2D eigenvalue weighted by Gasteiger charge is 2.17. The minimum Gasteiger partial charge on any atom is -0.383 e. The van der Waals surface area contributed by atoms with E-state index in [-0.39, 0.29) is 11.7 Å². The van der Waals surface area contributed by atoms with Crippen LogP contribution in [0.5, 0.6) is 0 Å². The second-order valence-corrected chi connectivity index (χ2v) is 7.48. The Hall–Kier alpha value is -3.67. The normalized spacial score (nSPS) is 16.0. The number of nitrogens with one attached hydrogen (secondary N) is 1. The molecule has 0 saturated carbocycles. The van der Waals surface area contributed by atoms with E-state index in [2.05, 4.69) is 34.5 Å². The van der Waals surface area contributed by atoms with Gasteiger partial charge in [0.15, 0.2) is 0 Å². The summed E-state index contributed by atoms with van der Waals surface area (Å²) in [6.45, 7) is 4.19. The van der Waals surface area contributed by atoms with E-state index in [1.165, 1.54) is 0 Å². The fraction of sp³-hybridized carbons (Fsp3) is 0.208. The highest BCUT2D eigenvalue weighted by atomic mass is 16.1. The zero-order valence-corrected chi connectivity index (χ0v) is 17.2. The smallest absolute Gasteiger partial charge is 0.259 e. The molecule has 1 aromatic carbocycles. The van der Waals surface area contributed by atoms with Crippen molar-refractivity contribution in [2.24, 2.45) is 5.92 Å². The summed E-state index contributed by atoms with van der Waals surface area (Å²) in [5.41, 5.74) is 11.1. The Labute approximate surface area is 176 Å². The molecule has 30 heavy (non-hydrogen) atoms. The van der Waals surface area contributed by atoms with Gasteiger partial charge in [-0.3, -0.25) is 4.79 Å². The molecule has 0 spiro atoms. The maximum Gasteiger partial charge on any atom is 0.259 e. The van der Waals surface area contributed by atoms with Crippen LogP contribution in [0, 0.1) is 5.92 Å². The van der Waals surface area contributed by atoms with Crippen molar-refractivity contribution < 1.29 is 4.79 Å². The van der Waals surface area contributed by atoms with Crippen molar-refractivity contribution in [3.05, 3.63) is 84.0 Å². The summed E-state index contributed by atoms with van der Waals surface area (Å²) in [7, 11) is 0. The maximum atomic E-state index is 12.9. The van der Waals surface area contributed by atoms with Crippen LogP contribution in [0.2, 0.25) is 0 Å². The van der Waals surface area contributed by atoms with Crippen molar-refractivity contribution in [1.29, 1.82) is 0 Å². The van der Waals surface area contributed by atoms with E-state index >= 15 is 0 Å². The molecule has 1 unspecified atom stereocenters. The van der Waals surface area contributed by atoms with Gasteiger partial charge in [-0.2, -0.15) is 5.10 Å². The highest BCUT2D eigenvalue weighted by molar-refractivity contribution is 6.00. The van der Waals surface area contributed by atoms with Gasteiger partial charge >= 0.3 is 0 Å². The third kappa shape index (κ3) is 4.03. The van der Waals surface area contributed by atoms with Gasteiger partial charge in [-0.15, -0.1) is 0 Å². The van der Waals surface area contributed by atoms with Crippen LogP contribution in [0.15, 0.2) is 78.4 Å². The summed E-state index contributed by atoms with van der Waals surface area (Å²) in [5.74, 6) is 0.503. The van der Waals surface area contributed by atoms with Crippen molar-refractivity contribution in [1.82, 2.24) is 20.1 Å². The molecule has 152 valence electrons. The third-order valence-electron chi connectivity index (χ3n) is 5.44. The number of hydrogen-bond donors (Lipinski definition) is 2. The van der Waals surface area contributed by atoms with Gasteiger partial charge in [0.05, 0.1) is 11.3 Å². The van der Waals surface area contributed by atoms with Gasteiger partial charge in [-0.1, -0.05) is 31.2 Å². The lowest BCUT2D eigenvalue weighted by Crippen LogP contribution is -2.26. The lowest BCUT2D eigenvalue weighted by molar-refractivity contribution is 0.0967. The molecule has 6 nitrogen and oxygen atoms in total. The number of nitrogens with zero attached hydrogens (tertiary/aromatic N) is 3. The van der Waals surface area contributed by atoms with E-state index in [1.54, 1.807) is 23.1 Å². The second kappa shape index (κ2) is 8.37. The van der Waals surface area contributed by atoms with Crippen molar-refractivity contribution in [2.45, 2.75) is 26.7 Å². The molecule has 2 aromatic heterocycles. The van der Waals surface area contributed by atoms with Crippen LogP contribution in [0.1, 0.15) is 37.0 Å². The number of carbonyl (C=O) groups excluding carboxylic acids is 1. The minimum atomic E-state index is -0.246. The topological polar surface area (TPSA) is 85.8 Å². The van der Waals surface area contributed by atoms with Crippen molar-refractivity contribution in [3.63, 3.8) is 0 Å². The summed E-state index contributed by atoms with van der Waals surface area (Å²) in [6, 6.07) is 11.6. The van der Waals surface area contributed by atoms with Gasteiger partial charge < -0.3 is 11.1 Å². The second-order valence-electron chi connectivity index (χ2n) is 7.48. The lowest BCUT2D eigenvalue weighted by Gasteiger charge is -2.19. The number of allylic oxidation sites excluding steroid dienone is 3. The predicted molar refractivity (Wildman–Crippen MR) is 119 cm³/mol. The Kier molecular flexibility index (Phi) is 5.48. The van der Waals surface area contributed by atoms with Crippen molar-refractivity contribution in [2.75, 3.05) is 5.73 Å². The average Bonchev–Trinajstić information content (AvgIpc) is 3.30. The molecule has 0 radical (unpaired) electrons. The van der Waals surface area contributed by atoms with Crippen LogP contribution < -0.4 is 11.1 Å². The quantitative estimate of drug-likeness (QED) is 0.661. The van der Waals surface area contributed by atoms with Crippen LogP contribution >= 0.6 is 0 Å². The molecule has 0 aliphatic heterocycles. The first-order valence-electron chi connectivity index (χ1n) is 10.1. The Bertz CT molecular complexity index is 1110. The van der Waals surface area contributed by atoms with E-state index < -0.39 is 0 Å². The highest BCUT2D eigenvalue weighted by Crippen LogP contribution is 2.26. The number of aromatic nitrogens is 3. The standard InChI is InChI=1S/C24H25N5O/c1-3-17-5-10-22(16(2)13-17)28-24(30)21-14-19(15-26-23(21)25)18-6-8-20(9-7-18)29-12-4-11-27-29/h4,6-15,17H,3,5H2,1-2H3,(H2,25,26)(H,28,30). The summed E-state index contributed by atoms with van der Waals surface area (Å²) in [6.07, 6.45) is 11.6. The molecule has 1 aliphatic carbocycles. The molecule has 4 rings (SSSR count). The van der Waals surface area contributed by atoms with E-state index in [0.29, 0.717) is 11.5 Å². The lowest BCUT2D eigenvalue weighted by atomic mass is 9.92. The van der Waals surface area contributed by atoms with Crippen LogP contribution in [0.3, 0.4) is 0 Å². The van der Waals surface area contributed by atoms with Gasteiger partial charge in [-0.25, -0.2) is 9.67 Å². The summed E-state index contributed by atoms with van der Waals surface area (Å²) in [4.78, 5) is 17.2. The number of amides is 1. The Morgan fingerprint density at radius 2 is 2.07 bits per heavy atom. The van der Waals surface area contributed by atoms with Crippen molar-refractivity contribution >= 4 is 11.7 Å². The number of rotatable bonds is 5. The fourth-order valence-electron chi connectivity index (χ4n) is 3.61. The number of carbonyl (C=O) groups is 1. The van der Waals surface area contributed by atoms with Gasteiger partial charge in [0.1, 0.15) is 5.82 Å². The number of anilines is 1. The van der Waals surface area contributed by atoms with Gasteiger partial charge in [0.25, 0.3) is 5.91 Å². The number of nitrogen functional groups attached to an aromatic ring is 1. The first kappa shape index (κ1) is 19.6. The first-order chi connectivity index (χ1) is 14.5. The average molecular weight is 399 g/mol. The molecular weight excluding hydrogens is 374 g/mol. The summed E-state index contributed by atoms with van der Waals surface area (Å²) in [5, 5.41) is 7.23. The molecule has 1 atom stereocenters. The molecule has 3 N–H and O–H groups in total. The van der Waals surface area contributed by atoms with Crippen LogP contribution in [0.25, 0.3) is 16.8 Å². The first-order valence-corrected chi connectivity index (χ1v) is 10.1.